The molecular weight excluding hydrogens is 186 g/mol. The molecule has 0 aliphatic carbocycles. The van der Waals surface area contributed by atoms with Crippen LogP contribution in [-0.4, -0.2) is 9.97 Å². The van der Waals surface area contributed by atoms with Crippen molar-refractivity contribution in [2.24, 2.45) is 0 Å². The van der Waals surface area contributed by atoms with Gasteiger partial charge < -0.3 is 5.73 Å². The van der Waals surface area contributed by atoms with Gasteiger partial charge in [0.2, 0.25) is 0 Å². The number of aryl methyl sites for hydroxylation is 1. The second kappa shape index (κ2) is 6.54. The molecule has 0 fully saturated rings. The van der Waals surface area contributed by atoms with E-state index >= 15 is 0 Å². The quantitative estimate of drug-likeness (QED) is 0.770. The van der Waals surface area contributed by atoms with E-state index in [0.717, 1.165) is 12.1 Å². The maximum atomic E-state index is 5.25. The summed E-state index contributed by atoms with van der Waals surface area (Å²) in [5, 5.41) is 0. The summed E-state index contributed by atoms with van der Waals surface area (Å²) in [6.45, 7) is 2.10. The van der Waals surface area contributed by atoms with Crippen LogP contribution in [0.25, 0.3) is 0 Å². The average Bonchev–Trinajstić information content (AvgIpc) is 2.32. The lowest BCUT2D eigenvalue weighted by molar-refractivity contribution is 1.04. The minimum atomic E-state index is 0.572. The van der Waals surface area contributed by atoms with E-state index < -0.39 is 0 Å². The number of hydrogen-bond acceptors (Lipinski definition) is 3. The lowest BCUT2D eigenvalue weighted by Crippen LogP contribution is -1.85. The molecule has 3 heteroatoms. The van der Waals surface area contributed by atoms with Crippen LogP contribution in [0.5, 0.6) is 0 Å². The third-order valence-corrected chi connectivity index (χ3v) is 1.78. The predicted octanol–water partition coefficient (Wildman–Crippen LogP) is 2.31. The Bertz CT molecular complexity index is 359. The number of nitrogen functional groups attached to an aromatic ring is 1. The van der Waals surface area contributed by atoms with E-state index in [1.165, 1.54) is 0 Å². The highest BCUT2D eigenvalue weighted by Crippen LogP contribution is 1.91. The van der Waals surface area contributed by atoms with Gasteiger partial charge in [-0.3, -0.25) is 4.98 Å². The maximum absolute atomic E-state index is 5.25. The number of hydrogen-bond donors (Lipinski definition) is 1. The zero-order chi connectivity index (χ0) is 10.9. The summed E-state index contributed by atoms with van der Waals surface area (Å²) in [7, 11) is 0. The lowest BCUT2D eigenvalue weighted by Gasteiger charge is -1.88. The third kappa shape index (κ3) is 4.76. The van der Waals surface area contributed by atoms with Crippen molar-refractivity contribution in [2.75, 3.05) is 5.73 Å². The Labute approximate surface area is 90.0 Å². The van der Waals surface area contributed by atoms with Crippen molar-refractivity contribution in [2.45, 2.75) is 13.3 Å². The summed E-state index contributed by atoms with van der Waals surface area (Å²) in [4.78, 5) is 7.85. The Morgan fingerprint density at radius 2 is 1.67 bits per heavy atom. The van der Waals surface area contributed by atoms with Gasteiger partial charge in [0.15, 0.2) is 0 Å². The molecule has 2 N–H and O–H groups in total. The molecule has 3 nitrogen and oxygen atoms in total. The normalized spacial score (nSPS) is 8.87. The predicted molar refractivity (Wildman–Crippen MR) is 62.3 cm³/mol. The fourth-order valence-electron chi connectivity index (χ4n) is 0.983. The van der Waals surface area contributed by atoms with Gasteiger partial charge in [0.05, 0.1) is 0 Å². The van der Waals surface area contributed by atoms with Crippen molar-refractivity contribution in [3.05, 3.63) is 54.5 Å². The zero-order valence-electron chi connectivity index (χ0n) is 8.80. The van der Waals surface area contributed by atoms with Gasteiger partial charge in [0, 0.05) is 18.1 Å². The molecule has 0 unspecified atom stereocenters. The van der Waals surface area contributed by atoms with Gasteiger partial charge in [-0.25, -0.2) is 4.98 Å². The van der Waals surface area contributed by atoms with Gasteiger partial charge in [0.25, 0.3) is 0 Å². The molecule has 0 aromatic carbocycles. The highest BCUT2D eigenvalue weighted by Gasteiger charge is 1.81. The largest absolute Gasteiger partial charge is 0.384 e. The van der Waals surface area contributed by atoms with Gasteiger partial charge in [-0.05, 0) is 30.7 Å². The van der Waals surface area contributed by atoms with Crippen molar-refractivity contribution in [3.63, 3.8) is 0 Å². The van der Waals surface area contributed by atoms with Crippen LogP contribution in [0.4, 0.5) is 5.82 Å². The molecule has 0 aliphatic rings. The summed E-state index contributed by atoms with van der Waals surface area (Å²) in [5.41, 5.74) is 6.41. The Balaban J connectivity index is 0.000000151. The van der Waals surface area contributed by atoms with Gasteiger partial charge >= 0.3 is 0 Å². The molecule has 0 bridgehead atoms. The van der Waals surface area contributed by atoms with Crippen molar-refractivity contribution in [1.29, 1.82) is 0 Å². The molecule has 2 rings (SSSR count). The molecule has 0 aliphatic heterocycles. The summed E-state index contributed by atoms with van der Waals surface area (Å²) in [5.74, 6) is 0.572. The van der Waals surface area contributed by atoms with E-state index in [4.69, 9.17) is 5.73 Å². The van der Waals surface area contributed by atoms with Crippen LogP contribution in [-0.2, 0) is 6.42 Å². The van der Waals surface area contributed by atoms with Crippen LogP contribution in [0.3, 0.4) is 0 Å². The zero-order valence-corrected chi connectivity index (χ0v) is 8.80. The van der Waals surface area contributed by atoms with Gasteiger partial charge in [-0.1, -0.05) is 19.1 Å². The number of anilines is 1. The molecule has 2 aromatic rings. The molecule has 2 aromatic heterocycles. The molecule has 0 radical (unpaired) electrons. The minimum Gasteiger partial charge on any atom is -0.384 e. The van der Waals surface area contributed by atoms with Crippen LogP contribution in [0.2, 0.25) is 0 Å². The van der Waals surface area contributed by atoms with Crippen LogP contribution in [0.1, 0.15) is 12.6 Å². The van der Waals surface area contributed by atoms with Crippen molar-refractivity contribution >= 4 is 5.82 Å². The second-order valence-electron chi connectivity index (χ2n) is 2.93. The minimum absolute atomic E-state index is 0.572. The Kier molecular flexibility index (Phi) is 4.87. The summed E-state index contributed by atoms with van der Waals surface area (Å²) < 4.78 is 0. The number of rotatable bonds is 1. The molecule has 2 heterocycles. The second-order valence-corrected chi connectivity index (χ2v) is 2.93. The number of nitrogens with two attached hydrogens (primary N) is 1. The molecular formula is C12H15N3. The highest BCUT2D eigenvalue weighted by atomic mass is 14.8. The van der Waals surface area contributed by atoms with Crippen molar-refractivity contribution < 1.29 is 0 Å². The number of nitrogens with zero attached hydrogens (tertiary/aromatic N) is 2. The molecule has 78 valence electrons. The SMILES string of the molecule is CCc1ccccn1.Nc1ccccn1. The first-order valence-electron chi connectivity index (χ1n) is 4.89. The van der Waals surface area contributed by atoms with Crippen LogP contribution in [0.15, 0.2) is 48.8 Å². The van der Waals surface area contributed by atoms with E-state index in [1.54, 1.807) is 12.3 Å². The molecule has 0 atom stereocenters. The van der Waals surface area contributed by atoms with Gasteiger partial charge in [-0.2, -0.15) is 0 Å². The van der Waals surface area contributed by atoms with Crippen molar-refractivity contribution in [3.8, 4) is 0 Å². The summed E-state index contributed by atoms with van der Waals surface area (Å²) in [6, 6.07) is 11.4. The van der Waals surface area contributed by atoms with E-state index in [1.807, 2.05) is 36.5 Å². The monoisotopic (exact) mass is 201 g/mol. The molecule has 0 amide bonds. The summed E-state index contributed by atoms with van der Waals surface area (Å²) in [6.07, 6.45) is 4.51. The summed E-state index contributed by atoms with van der Waals surface area (Å²) >= 11 is 0. The standard InChI is InChI=1S/C7H9N.C5H6N2/c1-2-7-5-3-4-6-8-7;6-5-3-1-2-4-7-5/h3-6H,2H2,1H3;1-4H,(H2,6,7). The van der Waals surface area contributed by atoms with E-state index in [2.05, 4.69) is 16.9 Å². The lowest BCUT2D eigenvalue weighted by atomic mass is 10.3. The third-order valence-electron chi connectivity index (χ3n) is 1.78. The van der Waals surface area contributed by atoms with E-state index in [9.17, 15) is 0 Å². The Morgan fingerprint density at radius 3 is 1.93 bits per heavy atom. The van der Waals surface area contributed by atoms with Crippen molar-refractivity contribution in [1.82, 2.24) is 9.97 Å². The topological polar surface area (TPSA) is 51.8 Å². The van der Waals surface area contributed by atoms with Crippen LogP contribution in [0, 0.1) is 0 Å². The number of aromatic nitrogens is 2. The average molecular weight is 201 g/mol. The fraction of sp³-hybridized carbons (Fsp3) is 0.167. The Morgan fingerprint density at radius 1 is 1.00 bits per heavy atom. The Hall–Kier alpha value is -1.90. The van der Waals surface area contributed by atoms with Gasteiger partial charge in [-0.15, -0.1) is 0 Å². The first-order chi connectivity index (χ1) is 7.33. The first-order valence-corrected chi connectivity index (χ1v) is 4.89. The maximum Gasteiger partial charge on any atom is 0.123 e. The molecule has 0 saturated heterocycles. The van der Waals surface area contributed by atoms with E-state index in [-0.39, 0.29) is 0 Å². The first kappa shape index (κ1) is 11.2. The fourth-order valence-corrected chi connectivity index (χ4v) is 0.983. The number of pyridine rings is 2. The van der Waals surface area contributed by atoms with E-state index in [0.29, 0.717) is 5.82 Å². The molecule has 15 heavy (non-hydrogen) atoms. The smallest absolute Gasteiger partial charge is 0.123 e. The highest BCUT2D eigenvalue weighted by molar-refractivity contribution is 5.25. The molecule has 0 saturated carbocycles. The van der Waals surface area contributed by atoms with Gasteiger partial charge in [0.1, 0.15) is 5.82 Å². The van der Waals surface area contributed by atoms with Crippen LogP contribution >= 0.6 is 0 Å². The van der Waals surface area contributed by atoms with Crippen LogP contribution < -0.4 is 5.73 Å². The molecule has 0 spiro atoms.